The van der Waals surface area contributed by atoms with Crippen LogP contribution in [0.1, 0.15) is 207 Å². The van der Waals surface area contributed by atoms with Gasteiger partial charge in [-0.25, -0.2) is 0 Å². The summed E-state index contributed by atoms with van der Waals surface area (Å²) in [6.45, 7) is 16.4. The van der Waals surface area contributed by atoms with Crippen LogP contribution in [0.15, 0.2) is 0 Å². The Morgan fingerprint density at radius 1 is 0.478 bits per heavy atom. The van der Waals surface area contributed by atoms with Crippen molar-refractivity contribution in [1.29, 1.82) is 0 Å². The van der Waals surface area contributed by atoms with E-state index in [1.54, 1.807) is 0 Å². The van der Waals surface area contributed by atoms with Crippen molar-refractivity contribution in [2.24, 2.45) is 0 Å². The van der Waals surface area contributed by atoms with Crippen LogP contribution in [0.2, 0.25) is 0 Å². The lowest BCUT2D eigenvalue weighted by molar-refractivity contribution is -0.191. The molecule has 0 N–H and O–H groups in total. The maximum Gasteiger partial charge on any atom is 0.325 e. The fraction of sp³-hybridized carbons (Fsp3) is 0.976. The fourth-order valence-corrected chi connectivity index (χ4v) is 6.99. The van der Waals surface area contributed by atoms with Crippen molar-refractivity contribution in [1.82, 2.24) is 14.9 Å². The van der Waals surface area contributed by atoms with Crippen LogP contribution in [-0.4, -0.2) is 73.2 Å². The molecule has 46 heavy (non-hydrogen) atoms. The number of rotatable bonds is 36. The van der Waals surface area contributed by atoms with E-state index in [0.29, 0.717) is 6.42 Å². The maximum absolute atomic E-state index is 12.5. The van der Waals surface area contributed by atoms with E-state index >= 15 is 0 Å². The van der Waals surface area contributed by atoms with Gasteiger partial charge in [-0.15, -0.1) is 5.06 Å². The lowest BCUT2D eigenvalue weighted by atomic mass is 10.1. The van der Waals surface area contributed by atoms with E-state index < -0.39 is 0 Å². The third-order valence-electron chi connectivity index (χ3n) is 10.1. The molecule has 5 heteroatoms. The molecule has 0 spiro atoms. The molecule has 0 aromatic heterocycles. The number of likely N-dealkylation sites (tertiary alicyclic amines) is 1. The molecule has 0 radical (unpaired) electrons. The molecule has 5 nitrogen and oxygen atoms in total. The van der Waals surface area contributed by atoms with Gasteiger partial charge in [0.25, 0.3) is 0 Å². The first-order chi connectivity index (χ1) is 22.7. The SMILES string of the molecule is CCCCCCCCCCCCN(CCCCCCCCCC(=O)ON(CCCCCC)CCCCCC)CCCN1CCCC1. The molecule has 0 saturated carbocycles. The van der Waals surface area contributed by atoms with Gasteiger partial charge in [-0.3, -0.25) is 4.79 Å². The zero-order valence-electron chi connectivity index (χ0n) is 31.8. The van der Waals surface area contributed by atoms with Crippen molar-refractivity contribution in [3.05, 3.63) is 0 Å². The fourth-order valence-electron chi connectivity index (χ4n) is 6.99. The van der Waals surface area contributed by atoms with Gasteiger partial charge in [0.2, 0.25) is 0 Å². The van der Waals surface area contributed by atoms with Gasteiger partial charge < -0.3 is 14.6 Å². The molecule has 1 heterocycles. The number of hydrogen-bond acceptors (Lipinski definition) is 5. The van der Waals surface area contributed by atoms with Crippen LogP contribution in [-0.2, 0) is 9.63 Å². The molecule has 0 aromatic rings. The molecule has 1 saturated heterocycles. The molecule has 1 aliphatic rings. The molecule has 274 valence electrons. The highest BCUT2D eigenvalue weighted by molar-refractivity contribution is 5.68. The van der Waals surface area contributed by atoms with E-state index in [1.165, 1.54) is 193 Å². The Balaban J connectivity index is 2.15. The molecule has 0 aliphatic carbocycles. The summed E-state index contributed by atoms with van der Waals surface area (Å²) in [6.07, 6.45) is 37.5. The average molecular weight is 650 g/mol. The number of nitrogens with zero attached hydrogens (tertiary/aromatic N) is 3. The van der Waals surface area contributed by atoms with Gasteiger partial charge in [-0.1, -0.05) is 149 Å². The molecule has 0 unspecified atom stereocenters. The number of unbranched alkanes of at least 4 members (excludes halogenated alkanes) is 21. The second-order valence-electron chi connectivity index (χ2n) is 14.7. The first kappa shape index (κ1) is 43.4. The Morgan fingerprint density at radius 3 is 1.33 bits per heavy atom. The average Bonchev–Trinajstić information content (AvgIpc) is 3.58. The minimum Gasteiger partial charge on any atom is -0.368 e. The topological polar surface area (TPSA) is 36.0 Å². The van der Waals surface area contributed by atoms with Crippen LogP contribution >= 0.6 is 0 Å². The summed E-state index contributed by atoms with van der Waals surface area (Å²) in [6, 6.07) is 0. The van der Waals surface area contributed by atoms with E-state index in [1.807, 2.05) is 5.06 Å². The summed E-state index contributed by atoms with van der Waals surface area (Å²) in [5.41, 5.74) is 0. The molecule has 1 rings (SSSR count). The minimum atomic E-state index is -0.0155. The monoisotopic (exact) mass is 650 g/mol. The van der Waals surface area contributed by atoms with Crippen molar-refractivity contribution < 1.29 is 9.63 Å². The van der Waals surface area contributed by atoms with Crippen molar-refractivity contribution in [2.75, 3.05) is 52.4 Å². The van der Waals surface area contributed by atoms with Crippen LogP contribution < -0.4 is 0 Å². The van der Waals surface area contributed by atoms with Crippen LogP contribution in [0.4, 0.5) is 0 Å². The largest absolute Gasteiger partial charge is 0.368 e. The quantitative estimate of drug-likeness (QED) is 0.0498. The Morgan fingerprint density at radius 2 is 0.848 bits per heavy atom. The van der Waals surface area contributed by atoms with Gasteiger partial charge in [-0.2, -0.15) is 0 Å². The zero-order chi connectivity index (χ0) is 33.2. The van der Waals surface area contributed by atoms with Gasteiger partial charge in [0, 0.05) is 19.5 Å². The summed E-state index contributed by atoms with van der Waals surface area (Å²) < 4.78 is 0. The van der Waals surface area contributed by atoms with Crippen molar-refractivity contribution in [3.8, 4) is 0 Å². The molecule has 0 aromatic carbocycles. The van der Waals surface area contributed by atoms with Crippen LogP contribution in [0.3, 0.4) is 0 Å². The van der Waals surface area contributed by atoms with Crippen molar-refractivity contribution >= 4 is 5.97 Å². The predicted octanol–water partition coefficient (Wildman–Crippen LogP) is 11.7. The number of hydrogen-bond donors (Lipinski definition) is 0. The second kappa shape index (κ2) is 34.2. The van der Waals surface area contributed by atoms with Crippen molar-refractivity contribution in [3.63, 3.8) is 0 Å². The smallest absolute Gasteiger partial charge is 0.325 e. The van der Waals surface area contributed by atoms with Gasteiger partial charge in [0.1, 0.15) is 0 Å². The summed E-state index contributed by atoms with van der Waals surface area (Å²) in [7, 11) is 0. The van der Waals surface area contributed by atoms with Gasteiger partial charge in [0.15, 0.2) is 0 Å². The third kappa shape index (κ3) is 28.4. The highest BCUT2D eigenvalue weighted by Gasteiger charge is 2.13. The first-order valence-electron chi connectivity index (χ1n) is 21.1. The summed E-state index contributed by atoms with van der Waals surface area (Å²) in [5.74, 6) is -0.0155. The lowest BCUT2D eigenvalue weighted by Gasteiger charge is -2.24. The zero-order valence-corrected chi connectivity index (χ0v) is 31.8. The van der Waals surface area contributed by atoms with E-state index in [0.717, 1.165) is 38.8 Å². The second-order valence-corrected chi connectivity index (χ2v) is 14.7. The lowest BCUT2D eigenvalue weighted by Crippen LogP contribution is -2.30. The standard InChI is InChI=1S/C41H83N3O2/c1-4-7-10-13-14-15-16-19-22-25-33-42(37-31-38-43-35-29-30-36-43)34-26-23-20-17-18-21-24-32-41(45)46-44(39-27-11-8-5-2)40-28-12-9-6-3/h4-40H2,1-3H3. The molecule has 0 bridgehead atoms. The summed E-state index contributed by atoms with van der Waals surface area (Å²) in [4.78, 5) is 23.8. The van der Waals surface area contributed by atoms with Gasteiger partial charge in [0.05, 0.1) is 0 Å². The third-order valence-corrected chi connectivity index (χ3v) is 10.1. The van der Waals surface area contributed by atoms with Crippen LogP contribution in [0, 0.1) is 0 Å². The molecule has 0 amide bonds. The van der Waals surface area contributed by atoms with E-state index in [2.05, 4.69) is 30.6 Å². The van der Waals surface area contributed by atoms with Crippen molar-refractivity contribution in [2.45, 2.75) is 207 Å². The highest BCUT2D eigenvalue weighted by atomic mass is 16.7. The van der Waals surface area contributed by atoms with E-state index in [4.69, 9.17) is 4.84 Å². The molecular formula is C41H83N3O2. The van der Waals surface area contributed by atoms with E-state index in [-0.39, 0.29) is 5.97 Å². The highest BCUT2D eigenvalue weighted by Crippen LogP contribution is 2.14. The molecule has 1 aliphatic heterocycles. The first-order valence-corrected chi connectivity index (χ1v) is 21.1. The van der Waals surface area contributed by atoms with E-state index in [9.17, 15) is 4.79 Å². The maximum atomic E-state index is 12.5. The number of hydroxylamine groups is 2. The van der Waals surface area contributed by atoms with Gasteiger partial charge >= 0.3 is 5.97 Å². The molecule has 1 fully saturated rings. The minimum absolute atomic E-state index is 0.0155. The Labute approximate surface area is 289 Å². The van der Waals surface area contributed by atoms with Crippen LogP contribution in [0.5, 0.6) is 0 Å². The molecular weight excluding hydrogens is 566 g/mol. The predicted molar refractivity (Wildman–Crippen MR) is 201 cm³/mol. The summed E-state index contributed by atoms with van der Waals surface area (Å²) >= 11 is 0. The summed E-state index contributed by atoms with van der Waals surface area (Å²) in [5, 5.41) is 1.97. The number of carbonyl (C=O) groups is 1. The normalized spacial score (nSPS) is 13.8. The van der Waals surface area contributed by atoms with Gasteiger partial charge in [-0.05, 0) is 90.6 Å². The molecule has 0 atom stereocenters. The Kier molecular flexibility index (Phi) is 32.3. The Bertz CT molecular complexity index is 613. The number of carbonyl (C=O) groups excluding carboxylic acids is 1. The Hall–Kier alpha value is -0.650. The van der Waals surface area contributed by atoms with Crippen LogP contribution in [0.25, 0.3) is 0 Å².